The molecule has 0 saturated heterocycles. The van der Waals surface area contributed by atoms with Gasteiger partial charge in [0, 0.05) is 0 Å². The molecule has 0 radical (unpaired) electrons. The van der Waals surface area contributed by atoms with Crippen molar-refractivity contribution in [1.82, 2.24) is 5.32 Å². The molecule has 0 aromatic heterocycles. The summed E-state index contributed by atoms with van der Waals surface area (Å²) in [4.78, 5) is 12.6. The fraction of sp³-hybridized carbons (Fsp3) is 0.950. The Kier molecular flexibility index (Phi) is 54.9. The Morgan fingerprint density at radius 1 is 0.369 bits per heavy atom. The molecule has 388 valence electrons. The minimum absolute atomic E-state index is 0.358. The average molecular weight is 919 g/mol. The van der Waals surface area contributed by atoms with Crippen molar-refractivity contribution in [2.24, 2.45) is 0 Å². The van der Waals surface area contributed by atoms with E-state index >= 15 is 0 Å². The fourth-order valence-electron chi connectivity index (χ4n) is 9.72. The summed E-state index contributed by atoms with van der Waals surface area (Å²) in [5.41, 5.74) is 0. The molecule has 0 bridgehead atoms. The third-order valence-corrected chi connectivity index (χ3v) is 14.4. The molecule has 5 heteroatoms. The van der Waals surface area contributed by atoms with Gasteiger partial charge in [0.05, 0.1) is 18.8 Å². The van der Waals surface area contributed by atoms with Crippen LogP contribution in [0.2, 0.25) is 0 Å². The number of nitrogens with one attached hydrogen (secondary N) is 1. The molecule has 3 atom stereocenters. The van der Waals surface area contributed by atoms with Crippen molar-refractivity contribution >= 4 is 5.91 Å². The van der Waals surface area contributed by atoms with Gasteiger partial charge in [0.15, 0.2) is 0 Å². The van der Waals surface area contributed by atoms with E-state index in [9.17, 15) is 20.1 Å². The summed E-state index contributed by atoms with van der Waals surface area (Å²) in [6.07, 6.45) is 70.2. The number of rotatable bonds is 56. The second-order valence-corrected chi connectivity index (χ2v) is 20.9. The predicted molar refractivity (Wildman–Crippen MR) is 287 cm³/mol. The van der Waals surface area contributed by atoms with Gasteiger partial charge in [0.1, 0.15) is 6.10 Å². The first-order valence-electron chi connectivity index (χ1n) is 30.0. The molecular formula is C60H119NO4. The van der Waals surface area contributed by atoms with E-state index in [0.29, 0.717) is 6.42 Å². The highest BCUT2D eigenvalue weighted by molar-refractivity contribution is 5.80. The van der Waals surface area contributed by atoms with Crippen molar-refractivity contribution < 1.29 is 20.1 Å². The van der Waals surface area contributed by atoms with E-state index in [1.165, 1.54) is 289 Å². The first-order valence-corrected chi connectivity index (χ1v) is 30.0. The van der Waals surface area contributed by atoms with Gasteiger partial charge in [0.25, 0.3) is 0 Å². The summed E-state index contributed by atoms with van der Waals surface area (Å²) in [5.74, 6) is -0.495. The number of hydrogen-bond donors (Lipinski definition) is 4. The van der Waals surface area contributed by atoms with Gasteiger partial charge in [-0.1, -0.05) is 334 Å². The molecule has 0 spiro atoms. The van der Waals surface area contributed by atoms with Crippen LogP contribution in [0.5, 0.6) is 0 Å². The number of aliphatic hydroxyl groups excluding tert-OH is 3. The number of allylic oxidation sites excluding steroid dienone is 1. The lowest BCUT2D eigenvalue weighted by Crippen LogP contribution is -2.48. The Bertz CT molecular complexity index is 925. The molecule has 1 amide bonds. The first-order chi connectivity index (χ1) is 32.1. The van der Waals surface area contributed by atoms with Crippen molar-refractivity contribution in [1.29, 1.82) is 0 Å². The van der Waals surface area contributed by atoms with Gasteiger partial charge < -0.3 is 20.6 Å². The molecule has 0 saturated carbocycles. The average Bonchev–Trinajstić information content (AvgIpc) is 3.31. The molecule has 0 fully saturated rings. The molecule has 0 aromatic carbocycles. The maximum Gasteiger partial charge on any atom is 0.249 e. The number of hydrogen-bond acceptors (Lipinski definition) is 4. The normalized spacial score (nSPS) is 13.2. The smallest absolute Gasteiger partial charge is 0.249 e. The number of amides is 1. The van der Waals surface area contributed by atoms with Crippen LogP contribution in [0, 0.1) is 0 Å². The van der Waals surface area contributed by atoms with Gasteiger partial charge in [-0.05, 0) is 19.3 Å². The topological polar surface area (TPSA) is 89.8 Å². The second-order valence-electron chi connectivity index (χ2n) is 20.9. The van der Waals surface area contributed by atoms with Crippen LogP contribution in [0.25, 0.3) is 0 Å². The lowest BCUT2D eigenvalue weighted by Gasteiger charge is -2.21. The Morgan fingerprint density at radius 3 is 0.846 bits per heavy atom. The van der Waals surface area contributed by atoms with Crippen LogP contribution in [-0.4, -0.2) is 46.1 Å². The van der Waals surface area contributed by atoms with Gasteiger partial charge in [0.2, 0.25) is 5.91 Å². The maximum atomic E-state index is 12.6. The van der Waals surface area contributed by atoms with Crippen LogP contribution in [0.15, 0.2) is 12.2 Å². The van der Waals surface area contributed by atoms with Crippen LogP contribution in [0.4, 0.5) is 0 Å². The molecule has 0 heterocycles. The SMILES string of the molecule is CCCCCCCCCCCCCCCCCCCCCCCCC/C=C/C(O)C(CO)NC(=O)C(O)CCCCCCCCCCCCCCCCCCCCCCCCCCCC. The molecule has 3 unspecified atom stereocenters. The van der Waals surface area contributed by atoms with Crippen molar-refractivity contribution in [2.45, 2.75) is 360 Å². The van der Waals surface area contributed by atoms with Gasteiger partial charge >= 0.3 is 0 Å². The zero-order chi connectivity index (χ0) is 47.2. The quantitative estimate of drug-likeness (QED) is 0.0361. The van der Waals surface area contributed by atoms with Crippen LogP contribution < -0.4 is 5.32 Å². The second kappa shape index (κ2) is 55.7. The summed E-state index contributed by atoms with van der Waals surface area (Å²) in [7, 11) is 0. The largest absolute Gasteiger partial charge is 0.394 e. The third-order valence-electron chi connectivity index (χ3n) is 14.4. The van der Waals surface area contributed by atoms with Gasteiger partial charge in [-0.3, -0.25) is 4.79 Å². The van der Waals surface area contributed by atoms with Crippen molar-refractivity contribution in [3.8, 4) is 0 Å². The highest BCUT2D eigenvalue weighted by Gasteiger charge is 2.22. The minimum Gasteiger partial charge on any atom is -0.394 e. The van der Waals surface area contributed by atoms with Gasteiger partial charge in [-0.25, -0.2) is 0 Å². The molecule has 5 nitrogen and oxygen atoms in total. The Balaban J connectivity index is 3.52. The zero-order valence-corrected chi connectivity index (χ0v) is 44.4. The van der Waals surface area contributed by atoms with Crippen LogP contribution in [-0.2, 0) is 4.79 Å². The molecule has 0 aliphatic rings. The van der Waals surface area contributed by atoms with E-state index in [1.54, 1.807) is 6.08 Å². The molecule has 0 aliphatic heterocycles. The van der Waals surface area contributed by atoms with E-state index in [2.05, 4.69) is 19.2 Å². The molecule has 0 rings (SSSR count). The summed E-state index contributed by atoms with van der Waals surface area (Å²) < 4.78 is 0. The number of unbranched alkanes of at least 4 members (excludes halogenated alkanes) is 48. The zero-order valence-electron chi connectivity index (χ0n) is 44.4. The molecule has 4 N–H and O–H groups in total. The monoisotopic (exact) mass is 918 g/mol. The predicted octanol–water partition coefficient (Wildman–Crippen LogP) is 18.7. The first kappa shape index (κ1) is 64.1. The van der Waals surface area contributed by atoms with Gasteiger partial charge in [-0.15, -0.1) is 0 Å². The van der Waals surface area contributed by atoms with Crippen molar-refractivity contribution in [3.63, 3.8) is 0 Å². The van der Waals surface area contributed by atoms with E-state index in [-0.39, 0.29) is 6.61 Å². The highest BCUT2D eigenvalue weighted by Crippen LogP contribution is 2.19. The van der Waals surface area contributed by atoms with Crippen molar-refractivity contribution in [3.05, 3.63) is 12.2 Å². The number of carbonyl (C=O) groups excluding carboxylic acids is 1. The van der Waals surface area contributed by atoms with E-state index in [0.717, 1.165) is 32.1 Å². The summed E-state index contributed by atoms with van der Waals surface area (Å²) in [6, 6.07) is -0.795. The molecule has 0 aromatic rings. The van der Waals surface area contributed by atoms with E-state index < -0.39 is 24.2 Å². The Labute approximate surface area is 408 Å². The summed E-state index contributed by atoms with van der Waals surface area (Å²) in [6.45, 7) is 4.23. The Hall–Kier alpha value is -0.910. The van der Waals surface area contributed by atoms with E-state index in [1.807, 2.05) is 6.08 Å². The summed E-state index contributed by atoms with van der Waals surface area (Å²) in [5, 5.41) is 33.4. The lowest BCUT2D eigenvalue weighted by atomic mass is 10.0. The van der Waals surface area contributed by atoms with E-state index in [4.69, 9.17) is 0 Å². The maximum absolute atomic E-state index is 12.6. The summed E-state index contributed by atoms with van der Waals surface area (Å²) >= 11 is 0. The van der Waals surface area contributed by atoms with Crippen molar-refractivity contribution in [2.75, 3.05) is 6.61 Å². The molecule has 0 aliphatic carbocycles. The van der Waals surface area contributed by atoms with Crippen LogP contribution >= 0.6 is 0 Å². The van der Waals surface area contributed by atoms with Gasteiger partial charge in [-0.2, -0.15) is 0 Å². The fourth-order valence-corrected chi connectivity index (χ4v) is 9.72. The van der Waals surface area contributed by atoms with Crippen LogP contribution in [0.1, 0.15) is 341 Å². The number of carbonyl (C=O) groups is 1. The standard InChI is InChI=1S/C60H119NO4/c1-3-5-7-9-11-13-15-17-19-21-23-25-27-29-31-33-35-37-39-41-43-45-47-49-51-53-55-59(64)60(65)61-57(56-62)58(63)54-52-50-48-46-44-42-40-38-36-34-32-30-28-26-24-22-20-18-16-14-12-10-8-6-4-2/h52,54,57-59,62-64H,3-51,53,55-56H2,1-2H3,(H,61,65)/b54-52+. The molecular weight excluding hydrogens is 799 g/mol. The highest BCUT2D eigenvalue weighted by atomic mass is 16.3. The Morgan fingerprint density at radius 2 is 0.600 bits per heavy atom. The minimum atomic E-state index is -1.09. The lowest BCUT2D eigenvalue weighted by molar-refractivity contribution is -0.131. The third kappa shape index (κ3) is 50.8. The molecule has 65 heavy (non-hydrogen) atoms. The number of aliphatic hydroxyl groups is 3. The van der Waals surface area contributed by atoms with Crippen LogP contribution in [0.3, 0.4) is 0 Å².